The van der Waals surface area contributed by atoms with E-state index in [-0.39, 0.29) is 29.6 Å². The van der Waals surface area contributed by atoms with Gasteiger partial charge in [0.2, 0.25) is 10.0 Å². The lowest BCUT2D eigenvalue weighted by molar-refractivity contribution is -0.152. The third kappa shape index (κ3) is 5.39. The first kappa shape index (κ1) is 20.6. The van der Waals surface area contributed by atoms with Crippen LogP contribution < -0.4 is 5.32 Å². The van der Waals surface area contributed by atoms with Crippen molar-refractivity contribution in [2.75, 3.05) is 30.8 Å². The summed E-state index contributed by atoms with van der Waals surface area (Å²) < 4.78 is 43.4. The highest BCUT2D eigenvalue weighted by molar-refractivity contribution is 7.89. The number of rotatable bonds is 6. The van der Waals surface area contributed by atoms with Crippen molar-refractivity contribution in [2.45, 2.75) is 19.8 Å². The monoisotopic (exact) mass is 406 g/mol. The number of nitrogens with one attached hydrogen (secondary N) is 1. The van der Waals surface area contributed by atoms with E-state index in [1.165, 1.54) is 16.4 Å². The van der Waals surface area contributed by atoms with Crippen LogP contribution in [0.3, 0.4) is 0 Å². The Kier molecular flexibility index (Phi) is 6.96. The fourth-order valence-corrected chi connectivity index (χ4v) is 3.89. The summed E-state index contributed by atoms with van der Waals surface area (Å²) in [5.74, 6) is -2.36. The van der Waals surface area contributed by atoms with E-state index in [9.17, 15) is 22.4 Å². The third-order valence-electron chi connectivity index (χ3n) is 4.09. The summed E-state index contributed by atoms with van der Waals surface area (Å²) in [7, 11) is -3.27. The summed E-state index contributed by atoms with van der Waals surface area (Å²) in [5, 5.41) is 2.54. The first-order chi connectivity index (χ1) is 12.2. The van der Waals surface area contributed by atoms with E-state index in [1.54, 1.807) is 6.92 Å². The molecule has 26 heavy (non-hydrogen) atoms. The molecule has 1 heterocycles. The van der Waals surface area contributed by atoms with Crippen LogP contribution in [0.25, 0.3) is 0 Å². The second-order valence-corrected chi connectivity index (χ2v) is 8.55. The van der Waals surface area contributed by atoms with Gasteiger partial charge in [0.25, 0.3) is 5.91 Å². The fraction of sp³-hybridized carbons (Fsp3) is 0.500. The molecular formula is C16H20ClFN2O5S. The Hall–Kier alpha value is -1.71. The van der Waals surface area contributed by atoms with E-state index >= 15 is 0 Å². The van der Waals surface area contributed by atoms with Gasteiger partial charge in [-0.3, -0.25) is 9.59 Å². The molecule has 0 radical (unpaired) electrons. The second kappa shape index (κ2) is 8.79. The Balaban J connectivity index is 1.80. The van der Waals surface area contributed by atoms with Crippen LogP contribution in [0.15, 0.2) is 18.2 Å². The van der Waals surface area contributed by atoms with Gasteiger partial charge >= 0.3 is 5.97 Å². The maximum Gasteiger partial charge on any atom is 0.309 e. The van der Waals surface area contributed by atoms with Gasteiger partial charge < -0.3 is 10.1 Å². The molecule has 0 aliphatic carbocycles. The molecule has 1 aliphatic rings. The zero-order valence-electron chi connectivity index (χ0n) is 14.2. The van der Waals surface area contributed by atoms with Gasteiger partial charge in [-0.1, -0.05) is 11.6 Å². The number of esters is 1. The van der Waals surface area contributed by atoms with Crippen molar-refractivity contribution in [3.63, 3.8) is 0 Å². The number of carbonyl (C=O) groups is 2. The first-order valence-corrected chi connectivity index (χ1v) is 10.1. The maximum atomic E-state index is 13.5. The van der Waals surface area contributed by atoms with E-state index in [1.807, 2.05) is 0 Å². The number of amides is 1. The highest BCUT2D eigenvalue weighted by Crippen LogP contribution is 2.22. The molecule has 0 spiro atoms. The van der Waals surface area contributed by atoms with Crippen LogP contribution in [-0.4, -0.2) is 50.0 Å². The summed E-state index contributed by atoms with van der Waals surface area (Å²) in [6.07, 6.45) is 0.672. The number of anilines is 1. The number of hydrogen-bond donors (Lipinski definition) is 1. The zero-order chi connectivity index (χ0) is 19.3. The van der Waals surface area contributed by atoms with Gasteiger partial charge in [0.15, 0.2) is 6.61 Å². The summed E-state index contributed by atoms with van der Waals surface area (Å²) in [5.41, 5.74) is -0.100. The normalized spacial score (nSPS) is 16.3. The molecule has 1 saturated heterocycles. The summed E-state index contributed by atoms with van der Waals surface area (Å²) in [4.78, 5) is 23.8. The van der Waals surface area contributed by atoms with E-state index in [4.69, 9.17) is 16.3 Å². The number of piperidine rings is 1. The standard InChI is InChI=1S/C16H20ClFN2O5S/c1-2-26(23,24)20-7-5-11(6-8-20)16(22)25-10-15(21)19-14-9-12(17)3-4-13(14)18/h3-4,9,11H,2,5-8,10H2,1H3,(H,19,21). The fourth-order valence-electron chi connectivity index (χ4n) is 2.59. The predicted octanol–water partition coefficient (Wildman–Crippen LogP) is 2.02. The van der Waals surface area contributed by atoms with Gasteiger partial charge in [0.1, 0.15) is 5.82 Å². The van der Waals surface area contributed by atoms with E-state index in [0.29, 0.717) is 12.8 Å². The Morgan fingerprint density at radius 3 is 2.62 bits per heavy atom. The Bertz CT molecular complexity index is 779. The molecule has 1 aromatic carbocycles. The molecule has 2 rings (SSSR count). The van der Waals surface area contributed by atoms with Crippen LogP contribution in [0, 0.1) is 11.7 Å². The Morgan fingerprint density at radius 1 is 1.35 bits per heavy atom. The lowest BCUT2D eigenvalue weighted by atomic mass is 9.98. The topological polar surface area (TPSA) is 92.8 Å². The number of benzene rings is 1. The van der Waals surface area contributed by atoms with Gasteiger partial charge in [-0.2, -0.15) is 0 Å². The molecule has 0 unspecified atom stereocenters. The summed E-state index contributed by atoms with van der Waals surface area (Å²) in [6, 6.07) is 3.71. The quantitative estimate of drug-likeness (QED) is 0.729. The Labute approximate surface area is 156 Å². The second-order valence-electron chi connectivity index (χ2n) is 5.85. The van der Waals surface area contributed by atoms with Crippen LogP contribution in [0.2, 0.25) is 5.02 Å². The molecule has 1 N–H and O–H groups in total. The molecule has 7 nitrogen and oxygen atoms in total. The average molecular weight is 407 g/mol. The molecule has 0 aromatic heterocycles. The van der Waals surface area contributed by atoms with Crippen molar-refractivity contribution in [3.8, 4) is 0 Å². The van der Waals surface area contributed by atoms with Crippen molar-refractivity contribution < 1.29 is 27.1 Å². The van der Waals surface area contributed by atoms with Crippen molar-refractivity contribution in [3.05, 3.63) is 29.0 Å². The number of hydrogen-bond acceptors (Lipinski definition) is 5. The van der Waals surface area contributed by atoms with Gasteiger partial charge in [-0.15, -0.1) is 0 Å². The van der Waals surface area contributed by atoms with Crippen molar-refractivity contribution in [2.24, 2.45) is 5.92 Å². The lowest BCUT2D eigenvalue weighted by Gasteiger charge is -2.29. The molecule has 144 valence electrons. The summed E-state index contributed by atoms with van der Waals surface area (Å²) in [6.45, 7) is 1.50. The summed E-state index contributed by atoms with van der Waals surface area (Å²) >= 11 is 5.73. The molecule has 10 heteroatoms. The van der Waals surface area contributed by atoms with Crippen molar-refractivity contribution in [1.29, 1.82) is 0 Å². The SMILES string of the molecule is CCS(=O)(=O)N1CCC(C(=O)OCC(=O)Nc2cc(Cl)ccc2F)CC1. The smallest absolute Gasteiger partial charge is 0.309 e. The Morgan fingerprint density at radius 2 is 2.00 bits per heavy atom. The van der Waals surface area contributed by atoms with E-state index in [2.05, 4.69) is 5.32 Å². The van der Waals surface area contributed by atoms with Crippen LogP contribution in [0.4, 0.5) is 10.1 Å². The minimum absolute atomic E-state index is 0.0162. The molecule has 0 bridgehead atoms. The minimum Gasteiger partial charge on any atom is -0.455 e. The molecule has 1 aliphatic heterocycles. The average Bonchev–Trinajstić information content (AvgIpc) is 2.63. The van der Waals surface area contributed by atoms with Crippen LogP contribution >= 0.6 is 11.6 Å². The molecule has 0 saturated carbocycles. The third-order valence-corrected chi connectivity index (χ3v) is 6.21. The van der Waals surface area contributed by atoms with Crippen LogP contribution in [0.5, 0.6) is 0 Å². The van der Waals surface area contributed by atoms with Gasteiger partial charge in [0, 0.05) is 18.1 Å². The first-order valence-electron chi connectivity index (χ1n) is 8.12. The lowest BCUT2D eigenvalue weighted by Crippen LogP contribution is -2.41. The number of carbonyl (C=O) groups excluding carboxylic acids is 2. The molecule has 1 fully saturated rings. The molecule has 1 amide bonds. The van der Waals surface area contributed by atoms with E-state index in [0.717, 1.165) is 6.07 Å². The van der Waals surface area contributed by atoms with Crippen molar-refractivity contribution in [1.82, 2.24) is 4.31 Å². The number of halogens is 2. The number of ether oxygens (including phenoxy) is 1. The number of nitrogens with zero attached hydrogens (tertiary/aromatic N) is 1. The van der Waals surface area contributed by atoms with Gasteiger partial charge in [0.05, 0.1) is 17.4 Å². The number of sulfonamides is 1. The molecule has 0 atom stereocenters. The van der Waals surface area contributed by atoms with Gasteiger partial charge in [-0.25, -0.2) is 17.1 Å². The maximum absolute atomic E-state index is 13.5. The van der Waals surface area contributed by atoms with Crippen molar-refractivity contribution >= 4 is 39.2 Å². The predicted molar refractivity (Wildman–Crippen MR) is 94.8 cm³/mol. The van der Waals surface area contributed by atoms with E-state index < -0.39 is 40.2 Å². The molecule has 1 aromatic rings. The molecular weight excluding hydrogens is 387 g/mol. The van der Waals surface area contributed by atoms with Crippen LogP contribution in [0.1, 0.15) is 19.8 Å². The highest BCUT2D eigenvalue weighted by atomic mass is 35.5. The van der Waals surface area contributed by atoms with Gasteiger partial charge in [-0.05, 0) is 38.0 Å². The highest BCUT2D eigenvalue weighted by Gasteiger charge is 2.31. The largest absolute Gasteiger partial charge is 0.455 e. The zero-order valence-corrected chi connectivity index (χ0v) is 15.8. The minimum atomic E-state index is -3.27. The van der Waals surface area contributed by atoms with Crippen LogP contribution in [-0.2, 0) is 24.3 Å².